The van der Waals surface area contributed by atoms with Crippen LogP contribution in [0.25, 0.3) is 0 Å². The van der Waals surface area contributed by atoms with Crippen molar-refractivity contribution in [1.82, 2.24) is 5.32 Å². The number of ether oxygens (including phenoxy) is 1. The van der Waals surface area contributed by atoms with Crippen LogP contribution in [0.5, 0.6) is 0 Å². The van der Waals surface area contributed by atoms with Crippen LogP contribution in [0.2, 0.25) is 0 Å². The highest BCUT2D eigenvalue weighted by atomic mass is 16.5. The van der Waals surface area contributed by atoms with Gasteiger partial charge in [-0.3, -0.25) is 4.79 Å². The van der Waals surface area contributed by atoms with Gasteiger partial charge in [0.2, 0.25) is 5.91 Å². The van der Waals surface area contributed by atoms with Gasteiger partial charge in [0.15, 0.2) is 0 Å². The molecule has 0 atom stereocenters. The molecule has 0 bridgehead atoms. The third kappa shape index (κ3) is 5.29. The van der Waals surface area contributed by atoms with Crippen LogP contribution < -0.4 is 11.1 Å². The summed E-state index contributed by atoms with van der Waals surface area (Å²) >= 11 is 0. The third-order valence-electron chi connectivity index (χ3n) is 2.69. The van der Waals surface area contributed by atoms with Crippen molar-refractivity contribution < 1.29 is 9.53 Å². The van der Waals surface area contributed by atoms with Gasteiger partial charge >= 0.3 is 0 Å². The summed E-state index contributed by atoms with van der Waals surface area (Å²) in [4.78, 5) is 11.7. The molecule has 0 aliphatic carbocycles. The Morgan fingerprint density at radius 2 is 2.11 bits per heavy atom. The van der Waals surface area contributed by atoms with Crippen molar-refractivity contribution >= 4 is 5.91 Å². The van der Waals surface area contributed by atoms with E-state index in [0.29, 0.717) is 32.7 Å². The lowest BCUT2D eigenvalue weighted by molar-refractivity contribution is -0.120. The maximum absolute atomic E-state index is 11.7. The van der Waals surface area contributed by atoms with Gasteiger partial charge in [0.1, 0.15) is 0 Å². The van der Waals surface area contributed by atoms with Gasteiger partial charge in [0.25, 0.3) is 0 Å². The van der Waals surface area contributed by atoms with Crippen LogP contribution in [0.1, 0.15) is 16.7 Å². The molecule has 0 aliphatic rings. The lowest BCUT2D eigenvalue weighted by Crippen LogP contribution is -2.29. The number of nitrogens with one attached hydrogen (secondary N) is 1. The molecule has 3 N–H and O–H groups in total. The molecule has 0 fully saturated rings. The number of benzene rings is 1. The molecule has 1 aromatic carbocycles. The highest BCUT2D eigenvalue weighted by molar-refractivity contribution is 5.78. The summed E-state index contributed by atoms with van der Waals surface area (Å²) in [6.45, 7) is 6.14. The molecule has 0 unspecified atom stereocenters. The monoisotopic (exact) mass is 250 g/mol. The average molecular weight is 250 g/mol. The van der Waals surface area contributed by atoms with Crippen molar-refractivity contribution in [3.05, 3.63) is 34.9 Å². The van der Waals surface area contributed by atoms with Crippen LogP contribution in [0, 0.1) is 13.8 Å². The van der Waals surface area contributed by atoms with E-state index in [1.807, 2.05) is 19.9 Å². The van der Waals surface area contributed by atoms with E-state index in [-0.39, 0.29) is 5.91 Å². The molecule has 0 saturated carbocycles. The molecule has 1 aromatic rings. The van der Waals surface area contributed by atoms with Gasteiger partial charge in [0, 0.05) is 13.1 Å². The van der Waals surface area contributed by atoms with Gasteiger partial charge in [0.05, 0.1) is 19.6 Å². The quantitative estimate of drug-likeness (QED) is 0.708. The lowest BCUT2D eigenvalue weighted by Gasteiger charge is -2.08. The second-order valence-electron chi connectivity index (χ2n) is 4.36. The van der Waals surface area contributed by atoms with E-state index in [1.54, 1.807) is 0 Å². The molecule has 0 aromatic heterocycles. The number of aryl methyl sites for hydroxylation is 2. The molecule has 4 heteroatoms. The Morgan fingerprint density at radius 3 is 2.83 bits per heavy atom. The number of carbonyl (C=O) groups excluding carboxylic acids is 1. The number of amides is 1. The van der Waals surface area contributed by atoms with E-state index in [2.05, 4.69) is 17.4 Å². The van der Waals surface area contributed by atoms with E-state index in [9.17, 15) is 4.79 Å². The zero-order chi connectivity index (χ0) is 13.4. The van der Waals surface area contributed by atoms with Gasteiger partial charge in [-0.05, 0) is 25.0 Å². The van der Waals surface area contributed by atoms with E-state index in [1.165, 1.54) is 5.56 Å². The Balaban J connectivity index is 2.33. The van der Waals surface area contributed by atoms with Crippen LogP contribution in [-0.4, -0.2) is 32.2 Å². The Kier molecular flexibility index (Phi) is 6.39. The SMILES string of the molecule is Cc1ccc(C)c(CC(=O)NCCOCCN)c1. The number of carbonyl (C=O) groups is 1. The first-order valence-corrected chi connectivity index (χ1v) is 6.24. The summed E-state index contributed by atoms with van der Waals surface area (Å²) in [5, 5.41) is 2.83. The minimum absolute atomic E-state index is 0.0278. The van der Waals surface area contributed by atoms with Crippen molar-refractivity contribution in [2.75, 3.05) is 26.3 Å². The highest BCUT2D eigenvalue weighted by Crippen LogP contribution is 2.11. The zero-order valence-electron chi connectivity index (χ0n) is 11.2. The number of nitrogens with two attached hydrogens (primary N) is 1. The van der Waals surface area contributed by atoms with Gasteiger partial charge in [-0.25, -0.2) is 0 Å². The molecule has 100 valence electrons. The fraction of sp³-hybridized carbons (Fsp3) is 0.500. The molecule has 1 amide bonds. The maximum atomic E-state index is 11.7. The number of hydrogen-bond donors (Lipinski definition) is 2. The molecular weight excluding hydrogens is 228 g/mol. The van der Waals surface area contributed by atoms with Crippen LogP contribution >= 0.6 is 0 Å². The predicted molar refractivity (Wildman–Crippen MR) is 72.5 cm³/mol. The average Bonchev–Trinajstić information content (AvgIpc) is 2.33. The van der Waals surface area contributed by atoms with E-state index >= 15 is 0 Å². The van der Waals surface area contributed by atoms with Crippen molar-refractivity contribution in [3.63, 3.8) is 0 Å². The van der Waals surface area contributed by atoms with Crippen molar-refractivity contribution in [2.24, 2.45) is 5.73 Å². The normalized spacial score (nSPS) is 10.4. The Hall–Kier alpha value is -1.39. The lowest BCUT2D eigenvalue weighted by atomic mass is 10.0. The Labute approximate surface area is 109 Å². The van der Waals surface area contributed by atoms with Crippen LogP contribution in [0.15, 0.2) is 18.2 Å². The minimum atomic E-state index is 0.0278. The molecular formula is C14H22N2O2. The first kappa shape index (κ1) is 14.7. The Morgan fingerprint density at radius 1 is 1.33 bits per heavy atom. The first-order valence-electron chi connectivity index (χ1n) is 6.24. The van der Waals surface area contributed by atoms with Gasteiger partial charge in [-0.2, -0.15) is 0 Å². The molecule has 0 saturated heterocycles. The highest BCUT2D eigenvalue weighted by Gasteiger charge is 2.05. The zero-order valence-corrected chi connectivity index (χ0v) is 11.2. The molecule has 18 heavy (non-hydrogen) atoms. The molecule has 0 heterocycles. The van der Waals surface area contributed by atoms with Crippen molar-refractivity contribution in [3.8, 4) is 0 Å². The van der Waals surface area contributed by atoms with Crippen LogP contribution in [0.4, 0.5) is 0 Å². The maximum Gasteiger partial charge on any atom is 0.224 e. The summed E-state index contributed by atoms with van der Waals surface area (Å²) < 4.78 is 5.19. The fourth-order valence-electron chi connectivity index (χ4n) is 1.67. The number of hydrogen-bond acceptors (Lipinski definition) is 3. The smallest absolute Gasteiger partial charge is 0.224 e. The molecule has 4 nitrogen and oxygen atoms in total. The van der Waals surface area contributed by atoms with Crippen LogP contribution in [-0.2, 0) is 16.0 Å². The summed E-state index contributed by atoms with van der Waals surface area (Å²) in [6.07, 6.45) is 0.421. The second-order valence-corrected chi connectivity index (χ2v) is 4.36. The van der Waals surface area contributed by atoms with Gasteiger partial charge < -0.3 is 15.8 Å². The summed E-state index contributed by atoms with van der Waals surface area (Å²) in [5.41, 5.74) is 8.69. The van der Waals surface area contributed by atoms with E-state index in [0.717, 1.165) is 11.1 Å². The summed E-state index contributed by atoms with van der Waals surface area (Å²) in [5.74, 6) is 0.0278. The standard InChI is InChI=1S/C14H22N2O2/c1-11-3-4-12(2)13(9-11)10-14(17)16-6-8-18-7-5-15/h3-4,9H,5-8,10,15H2,1-2H3,(H,16,17). The minimum Gasteiger partial charge on any atom is -0.378 e. The van der Waals surface area contributed by atoms with Crippen molar-refractivity contribution in [2.45, 2.75) is 20.3 Å². The van der Waals surface area contributed by atoms with Gasteiger partial charge in [-0.15, -0.1) is 0 Å². The summed E-state index contributed by atoms with van der Waals surface area (Å²) in [7, 11) is 0. The van der Waals surface area contributed by atoms with E-state index < -0.39 is 0 Å². The largest absolute Gasteiger partial charge is 0.378 e. The molecule has 0 radical (unpaired) electrons. The van der Waals surface area contributed by atoms with Crippen LogP contribution in [0.3, 0.4) is 0 Å². The first-order chi connectivity index (χ1) is 8.63. The summed E-state index contributed by atoms with van der Waals surface area (Å²) in [6, 6.07) is 6.15. The topological polar surface area (TPSA) is 64.3 Å². The Bertz CT molecular complexity index is 391. The van der Waals surface area contributed by atoms with E-state index in [4.69, 9.17) is 10.5 Å². The number of rotatable bonds is 7. The molecule has 1 rings (SSSR count). The van der Waals surface area contributed by atoms with Gasteiger partial charge in [-0.1, -0.05) is 23.8 Å². The second kappa shape index (κ2) is 7.84. The molecule has 0 spiro atoms. The third-order valence-corrected chi connectivity index (χ3v) is 2.69. The predicted octanol–water partition coefficient (Wildman–Crippen LogP) is 0.937. The van der Waals surface area contributed by atoms with Crippen molar-refractivity contribution in [1.29, 1.82) is 0 Å². The molecule has 0 aliphatic heterocycles. The fourth-order valence-corrected chi connectivity index (χ4v) is 1.67.